The third kappa shape index (κ3) is 4.19. The molecule has 2 aromatic carbocycles. The number of carbonyl (C=O) groups is 2. The minimum absolute atomic E-state index is 0.115. The number of nitrogens with one attached hydrogen (secondary N) is 2. The monoisotopic (exact) mass is 361 g/mol. The number of aromatic amines is 1. The Balaban J connectivity index is 1.41. The van der Waals surface area contributed by atoms with E-state index >= 15 is 0 Å². The average Bonchev–Trinajstić information content (AvgIpc) is 3.38. The van der Waals surface area contributed by atoms with Crippen LogP contribution in [0.4, 0.5) is 5.69 Å². The van der Waals surface area contributed by atoms with Crippen LogP contribution in [0.15, 0.2) is 54.7 Å². The molecule has 5 nitrogen and oxygen atoms in total. The first-order valence-corrected chi connectivity index (χ1v) is 9.30. The van der Waals surface area contributed by atoms with Crippen LogP contribution in [-0.4, -0.2) is 27.7 Å². The van der Waals surface area contributed by atoms with E-state index in [0.717, 1.165) is 34.9 Å². The Morgan fingerprint density at radius 1 is 1.11 bits per heavy atom. The number of nitrogens with zero attached hydrogens (tertiary/aromatic N) is 1. The van der Waals surface area contributed by atoms with E-state index in [4.69, 9.17) is 0 Å². The third-order valence-corrected chi connectivity index (χ3v) is 4.93. The topological polar surface area (TPSA) is 65.2 Å². The Kier molecular flexibility index (Phi) is 4.67. The van der Waals surface area contributed by atoms with Crippen molar-refractivity contribution in [3.05, 3.63) is 65.9 Å². The quantitative estimate of drug-likeness (QED) is 0.652. The molecule has 0 atom stereocenters. The number of amides is 2. The molecule has 1 saturated carbocycles. The Bertz CT molecular complexity index is 971. The lowest BCUT2D eigenvalue weighted by Gasteiger charge is -2.22. The highest BCUT2D eigenvalue weighted by atomic mass is 16.2. The van der Waals surface area contributed by atoms with Gasteiger partial charge in [0.2, 0.25) is 11.8 Å². The van der Waals surface area contributed by atoms with Crippen molar-refractivity contribution in [3.8, 4) is 0 Å². The molecule has 3 aromatic rings. The van der Waals surface area contributed by atoms with E-state index in [9.17, 15) is 9.59 Å². The molecule has 1 aliphatic rings. The van der Waals surface area contributed by atoms with Gasteiger partial charge in [-0.25, -0.2) is 0 Å². The van der Waals surface area contributed by atoms with Crippen LogP contribution in [0.3, 0.4) is 0 Å². The molecule has 1 heterocycles. The average molecular weight is 361 g/mol. The maximum absolute atomic E-state index is 12.8. The second-order valence-electron chi connectivity index (χ2n) is 7.24. The molecule has 2 amide bonds. The van der Waals surface area contributed by atoms with Crippen LogP contribution in [-0.2, 0) is 16.1 Å². The minimum Gasteiger partial charge on any atom is -0.361 e. The Hall–Kier alpha value is -3.08. The van der Waals surface area contributed by atoms with Crippen LogP contribution in [0.5, 0.6) is 0 Å². The summed E-state index contributed by atoms with van der Waals surface area (Å²) in [6.45, 7) is 2.54. The van der Waals surface area contributed by atoms with Gasteiger partial charge < -0.3 is 15.2 Å². The van der Waals surface area contributed by atoms with E-state index in [1.165, 1.54) is 0 Å². The van der Waals surface area contributed by atoms with Crippen LogP contribution >= 0.6 is 0 Å². The van der Waals surface area contributed by atoms with Crippen LogP contribution in [0.1, 0.15) is 30.4 Å². The van der Waals surface area contributed by atoms with Crippen molar-refractivity contribution in [1.82, 2.24) is 9.88 Å². The standard InChI is InChI=1S/C22H23N3O2/c1-15-2-5-18(6-3-15)24-21(26)13-22(27)25(19-7-8-19)14-16-4-9-20-17(12-16)10-11-23-20/h2-6,9-12,19,23H,7-8,13-14H2,1H3,(H,24,26). The Morgan fingerprint density at radius 2 is 1.89 bits per heavy atom. The van der Waals surface area contributed by atoms with E-state index in [1.807, 2.05) is 60.5 Å². The molecule has 5 heteroatoms. The SMILES string of the molecule is Cc1ccc(NC(=O)CC(=O)N(Cc2ccc3[nH]ccc3c2)C2CC2)cc1. The molecule has 0 spiro atoms. The highest BCUT2D eigenvalue weighted by Crippen LogP contribution is 2.29. The first-order valence-electron chi connectivity index (χ1n) is 9.30. The van der Waals surface area contributed by atoms with Gasteiger partial charge in [-0.15, -0.1) is 0 Å². The maximum atomic E-state index is 12.8. The molecule has 1 aromatic heterocycles. The summed E-state index contributed by atoms with van der Waals surface area (Å²) >= 11 is 0. The number of hydrogen-bond donors (Lipinski definition) is 2. The predicted molar refractivity (Wildman–Crippen MR) is 106 cm³/mol. The van der Waals surface area contributed by atoms with Gasteiger partial charge in [0.25, 0.3) is 0 Å². The highest BCUT2D eigenvalue weighted by Gasteiger charge is 2.33. The largest absolute Gasteiger partial charge is 0.361 e. The van der Waals surface area contributed by atoms with Gasteiger partial charge in [-0.05, 0) is 61.0 Å². The molecule has 1 aliphatic carbocycles. The minimum atomic E-state index is -0.268. The number of fused-ring (bicyclic) bond motifs is 1. The molecule has 2 N–H and O–H groups in total. The summed E-state index contributed by atoms with van der Waals surface area (Å²) in [5.41, 5.74) is 4.01. The molecule has 4 rings (SSSR count). The van der Waals surface area contributed by atoms with Crippen molar-refractivity contribution in [2.75, 3.05) is 5.32 Å². The molecule has 0 aliphatic heterocycles. The number of aromatic nitrogens is 1. The molecular formula is C22H23N3O2. The fraction of sp³-hybridized carbons (Fsp3) is 0.273. The fourth-order valence-electron chi connectivity index (χ4n) is 3.29. The molecule has 0 saturated heterocycles. The lowest BCUT2D eigenvalue weighted by atomic mass is 10.1. The highest BCUT2D eigenvalue weighted by molar-refractivity contribution is 6.03. The molecule has 0 bridgehead atoms. The van der Waals surface area contributed by atoms with E-state index in [1.54, 1.807) is 0 Å². The fourth-order valence-corrected chi connectivity index (χ4v) is 3.29. The summed E-state index contributed by atoms with van der Waals surface area (Å²) in [5, 5.41) is 3.94. The van der Waals surface area contributed by atoms with Crippen molar-refractivity contribution >= 4 is 28.4 Å². The Morgan fingerprint density at radius 3 is 2.63 bits per heavy atom. The number of aryl methyl sites for hydroxylation is 1. The van der Waals surface area contributed by atoms with Crippen LogP contribution in [0.2, 0.25) is 0 Å². The Labute approximate surface area is 158 Å². The number of benzene rings is 2. The van der Waals surface area contributed by atoms with E-state index < -0.39 is 0 Å². The number of carbonyl (C=O) groups excluding carboxylic acids is 2. The first kappa shape index (κ1) is 17.3. The second kappa shape index (κ2) is 7.27. The number of hydrogen-bond acceptors (Lipinski definition) is 2. The van der Waals surface area contributed by atoms with E-state index in [2.05, 4.69) is 16.4 Å². The summed E-state index contributed by atoms with van der Waals surface area (Å²) in [5.74, 6) is -0.383. The van der Waals surface area contributed by atoms with Gasteiger partial charge in [0, 0.05) is 30.0 Å². The van der Waals surface area contributed by atoms with Crippen molar-refractivity contribution in [2.45, 2.75) is 38.8 Å². The maximum Gasteiger partial charge on any atom is 0.233 e. The van der Waals surface area contributed by atoms with Crippen LogP contribution in [0.25, 0.3) is 10.9 Å². The summed E-state index contributed by atoms with van der Waals surface area (Å²) in [4.78, 5) is 30.1. The van der Waals surface area contributed by atoms with E-state index in [-0.39, 0.29) is 24.3 Å². The van der Waals surface area contributed by atoms with Gasteiger partial charge in [0.15, 0.2) is 0 Å². The van der Waals surface area contributed by atoms with Gasteiger partial charge in [-0.2, -0.15) is 0 Å². The van der Waals surface area contributed by atoms with Crippen molar-refractivity contribution < 1.29 is 9.59 Å². The van der Waals surface area contributed by atoms with Crippen molar-refractivity contribution in [3.63, 3.8) is 0 Å². The summed E-state index contributed by atoms with van der Waals surface area (Å²) in [6.07, 6.45) is 3.81. The number of rotatable bonds is 6. The molecule has 1 fully saturated rings. The predicted octanol–water partition coefficient (Wildman–Crippen LogP) is 4.00. The van der Waals surface area contributed by atoms with Gasteiger partial charge in [-0.3, -0.25) is 9.59 Å². The van der Waals surface area contributed by atoms with Crippen LogP contribution < -0.4 is 5.32 Å². The molecule has 27 heavy (non-hydrogen) atoms. The van der Waals surface area contributed by atoms with E-state index in [0.29, 0.717) is 12.2 Å². The number of anilines is 1. The smallest absolute Gasteiger partial charge is 0.233 e. The van der Waals surface area contributed by atoms with Crippen molar-refractivity contribution in [2.24, 2.45) is 0 Å². The van der Waals surface area contributed by atoms with Gasteiger partial charge in [0.1, 0.15) is 6.42 Å². The van der Waals surface area contributed by atoms with Gasteiger partial charge in [0.05, 0.1) is 0 Å². The van der Waals surface area contributed by atoms with Crippen molar-refractivity contribution in [1.29, 1.82) is 0 Å². The summed E-state index contributed by atoms with van der Waals surface area (Å²) in [6, 6.07) is 16.0. The summed E-state index contributed by atoms with van der Waals surface area (Å²) < 4.78 is 0. The third-order valence-electron chi connectivity index (χ3n) is 4.93. The summed E-state index contributed by atoms with van der Waals surface area (Å²) in [7, 11) is 0. The molecule has 0 unspecified atom stereocenters. The van der Waals surface area contributed by atoms with Gasteiger partial charge >= 0.3 is 0 Å². The zero-order valence-electron chi connectivity index (χ0n) is 15.4. The van der Waals surface area contributed by atoms with Gasteiger partial charge in [-0.1, -0.05) is 23.8 Å². The lowest BCUT2D eigenvalue weighted by molar-refractivity contribution is -0.135. The number of H-pyrrole nitrogens is 1. The molecule has 138 valence electrons. The molecular weight excluding hydrogens is 338 g/mol. The lowest BCUT2D eigenvalue weighted by Crippen LogP contribution is -2.35. The van der Waals surface area contributed by atoms with Crippen LogP contribution in [0, 0.1) is 6.92 Å². The second-order valence-corrected chi connectivity index (χ2v) is 7.24. The zero-order valence-corrected chi connectivity index (χ0v) is 15.4. The normalized spacial score (nSPS) is 13.5. The molecule has 0 radical (unpaired) electrons. The first-order chi connectivity index (χ1) is 13.1. The zero-order chi connectivity index (χ0) is 18.8.